The first-order chi connectivity index (χ1) is 13.6. The van der Waals surface area contributed by atoms with Crippen molar-refractivity contribution in [3.63, 3.8) is 0 Å². The van der Waals surface area contributed by atoms with E-state index in [1.54, 1.807) is 47.2 Å². The first-order valence-corrected chi connectivity index (χ1v) is 10.8. The number of piperidine rings is 1. The van der Waals surface area contributed by atoms with Crippen molar-refractivity contribution in [2.45, 2.75) is 30.7 Å². The molecule has 3 aromatic rings. The van der Waals surface area contributed by atoms with E-state index < -0.39 is 10.0 Å². The fraction of sp³-hybridized carbons (Fsp3) is 0.300. The quantitative estimate of drug-likeness (QED) is 0.691. The summed E-state index contributed by atoms with van der Waals surface area (Å²) in [6.45, 7) is 1.48. The lowest BCUT2D eigenvalue weighted by Crippen LogP contribution is -2.35. The molecule has 2 aromatic heterocycles. The highest BCUT2D eigenvalue weighted by atomic mass is 32.2. The molecule has 0 saturated carbocycles. The van der Waals surface area contributed by atoms with Crippen LogP contribution in [0.5, 0.6) is 0 Å². The molecule has 1 aliphatic rings. The zero-order chi connectivity index (χ0) is 19.6. The molecule has 28 heavy (non-hydrogen) atoms. The molecule has 0 atom stereocenters. The number of aromatic amines is 1. The van der Waals surface area contributed by atoms with Gasteiger partial charge in [0.05, 0.1) is 10.5 Å². The summed E-state index contributed by atoms with van der Waals surface area (Å²) in [7, 11) is -3.43. The molecule has 1 saturated heterocycles. The molecule has 0 radical (unpaired) electrons. The third-order valence-corrected chi connectivity index (χ3v) is 6.97. The normalized spacial score (nSPS) is 15.6. The van der Waals surface area contributed by atoms with Gasteiger partial charge in [-0.05, 0) is 36.6 Å². The smallest absolute Gasteiger partial charge is 0.253 e. The van der Waals surface area contributed by atoms with E-state index in [1.807, 2.05) is 6.07 Å². The van der Waals surface area contributed by atoms with Crippen LogP contribution in [0.25, 0.3) is 10.9 Å². The van der Waals surface area contributed by atoms with Crippen LogP contribution < -0.4 is 5.32 Å². The number of fused-ring (bicyclic) bond motifs is 1. The van der Waals surface area contributed by atoms with E-state index in [0.29, 0.717) is 30.1 Å². The Kier molecular flexibility index (Phi) is 5.15. The Labute approximate surface area is 163 Å². The number of amides is 1. The minimum Gasteiger partial charge on any atom is -0.360 e. The summed E-state index contributed by atoms with van der Waals surface area (Å²) in [5.41, 5.74) is 2.23. The van der Waals surface area contributed by atoms with Gasteiger partial charge in [-0.2, -0.15) is 4.31 Å². The van der Waals surface area contributed by atoms with E-state index in [9.17, 15) is 13.2 Å². The Morgan fingerprint density at radius 2 is 1.86 bits per heavy atom. The highest BCUT2D eigenvalue weighted by Gasteiger charge is 2.25. The molecule has 2 N–H and O–H groups in total. The van der Waals surface area contributed by atoms with E-state index in [2.05, 4.69) is 15.3 Å². The molecule has 0 bridgehead atoms. The summed E-state index contributed by atoms with van der Waals surface area (Å²) in [6.07, 6.45) is 7.88. The van der Waals surface area contributed by atoms with Gasteiger partial charge in [0.1, 0.15) is 0 Å². The molecule has 1 aliphatic heterocycles. The Morgan fingerprint density at radius 1 is 1.11 bits per heavy atom. The molecular formula is C20H22N4O3S. The van der Waals surface area contributed by atoms with E-state index in [0.717, 1.165) is 35.7 Å². The lowest BCUT2D eigenvalue weighted by atomic mass is 10.2. The second kappa shape index (κ2) is 7.73. The van der Waals surface area contributed by atoms with Crippen LogP contribution in [-0.2, 0) is 16.6 Å². The number of aromatic nitrogens is 2. The van der Waals surface area contributed by atoms with E-state index in [-0.39, 0.29) is 5.91 Å². The van der Waals surface area contributed by atoms with Crippen molar-refractivity contribution in [2.75, 3.05) is 13.1 Å². The summed E-state index contributed by atoms with van der Waals surface area (Å²) >= 11 is 0. The van der Waals surface area contributed by atoms with Crippen molar-refractivity contribution >= 4 is 26.8 Å². The number of hydrogen-bond donors (Lipinski definition) is 2. The maximum atomic E-state index is 12.7. The molecular weight excluding hydrogens is 376 g/mol. The molecule has 0 unspecified atom stereocenters. The lowest BCUT2D eigenvalue weighted by molar-refractivity contribution is 0.0952. The van der Waals surface area contributed by atoms with Crippen molar-refractivity contribution in [1.29, 1.82) is 0 Å². The van der Waals surface area contributed by atoms with Crippen LogP contribution >= 0.6 is 0 Å². The van der Waals surface area contributed by atoms with Gasteiger partial charge in [0.25, 0.3) is 5.91 Å². The maximum Gasteiger partial charge on any atom is 0.253 e. The molecule has 146 valence electrons. The molecule has 3 heterocycles. The van der Waals surface area contributed by atoms with Crippen LogP contribution in [0.4, 0.5) is 0 Å². The summed E-state index contributed by atoms with van der Waals surface area (Å²) < 4.78 is 26.9. The number of rotatable bonds is 5. The molecule has 0 aliphatic carbocycles. The molecule has 1 fully saturated rings. The summed E-state index contributed by atoms with van der Waals surface area (Å²) in [4.78, 5) is 19.9. The van der Waals surface area contributed by atoms with Crippen molar-refractivity contribution in [3.05, 3.63) is 60.0 Å². The highest BCUT2D eigenvalue weighted by molar-refractivity contribution is 7.89. The summed E-state index contributed by atoms with van der Waals surface area (Å²) in [6, 6.07) is 8.53. The van der Waals surface area contributed by atoms with Crippen molar-refractivity contribution < 1.29 is 13.2 Å². The number of benzene rings is 1. The Balaban J connectivity index is 1.42. The van der Waals surface area contributed by atoms with Crippen LogP contribution in [0.2, 0.25) is 0 Å². The predicted molar refractivity (Wildman–Crippen MR) is 106 cm³/mol. The van der Waals surface area contributed by atoms with Crippen LogP contribution in [0.1, 0.15) is 35.2 Å². The first kappa shape index (κ1) is 18.6. The minimum absolute atomic E-state index is 0.204. The topological polar surface area (TPSA) is 95.2 Å². The number of carbonyl (C=O) groups is 1. The Morgan fingerprint density at radius 3 is 2.61 bits per heavy atom. The molecule has 7 nitrogen and oxygen atoms in total. The first-order valence-electron chi connectivity index (χ1n) is 9.34. The molecule has 1 amide bonds. The van der Waals surface area contributed by atoms with Gasteiger partial charge in [-0.3, -0.25) is 9.78 Å². The lowest BCUT2D eigenvalue weighted by Gasteiger charge is -2.25. The van der Waals surface area contributed by atoms with E-state index in [1.165, 1.54) is 0 Å². The van der Waals surface area contributed by atoms with Crippen LogP contribution in [0.15, 0.2) is 53.8 Å². The third kappa shape index (κ3) is 3.65. The fourth-order valence-electron chi connectivity index (χ4n) is 3.46. The number of nitrogens with one attached hydrogen (secondary N) is 2. The number of nitrogens with zero attached hydrogens (tertiary/aromatic N) is 2. The average molecular weight is 398 g/mol. The summed E-state index contributed by atoms with van der Waals surface area (Å²) in [5.74, 6) is -0.204. The summed E-state index contributed by atoms with van der Waals surface area (Å²) in [5, 5.41) is 3.64. The van der Waals surface area contributed by atoms with Crippen molar-refractivity contribution in [2.24, 2.45) is 0 Å². The van der Waals surface area contributed by atoms with Gasteiger partial charge in [-0.1, -0.05) is 18.6 Å². The van der Waals surface area contributed by atoms with Crippen LogP contribution in [-0.4, -0.2) is 41.7 Å². The van der Waals surface area contributed by atoms with Gasteiger partial charge in [-0.15, -0.1) is 0 Å². The largest absolute Gasteiger partial charge is 0.360 e. The van der Waals surface area contributed by atoms with Gasteiger partial charge in [0.15, 0.2) is 0 Å². The molecule has 1 aromatic carbocycles. The van der Waals surface area contributed by atoms with Gasteiger partial charge in [0, 0.05) is 49.1 Å². The van der Waals surface area contributed by atoms with Crippen molar-refractivity contribution in [1.82, 2.24) is 19.6 Å². The number of pyridine rings is 1. The Bertz CT molecular complexity index is 1080. The second-order valence-corrected chi connectivity index (χ2v) is 8.85. The number of hydrogen-bond acceptors (Lipinski definition) is 4. The molecule has 0 spiro atoms. The highest BCUT2D eigenvalue weighted by Crippen LogP contribution is 2.21. The van der Waals surface area contributed by atoms with Gasteiger partial charge in [-0.25, -0.2) is 8.42 Å². The zero-order valence-electron chi connectivity index (χ0n) is 15.4. The molecule has 4 rings (SSSR count). The van der Waals surface area contributed by atoms with Crippen molar-refractivity contribution in [3.8, 4) is 0 Å². The second-order valence-electron chi connectivity index (χ2n) is 6.91. The minimum atomic E-state index is -3.43. The Hall–Kier alpha value is -2.71. The standard InChI is InChI=1S/C20H22N4O3S/c25-20(18-14-22-19-8-9-21-13-17(18)19)23-12-15-4-6-16(7-5-15)28(26,27)24-10-2-1-3-11-24/h4-9,13-14,22H,1-3,10-12H2,(H,23,25). The number of H-pyrrole nitrogens is 1. The molecule has 8 heteroatoms. The van der Waals surface area contributed by atoms with E-state index >= 15 is 0 Å². The predicted octanol–water partition coefficient (Wildman–Crippen LogP) is 2.67. The fourth-order valence-corrected chi connectivity index (χ4v) is 4.98. The maximum absolute atomic E-state index is 12.7. The number of sulfonamides is 1. The number of carbonyl (C=O) groups excluding carboxylic acids is 1. The van der Waals surface area contributed by atoms with E-state index in [4.69, 9.17) is 0 Å². The SMILES string of the molecule is O=C(NCc1ccc(S(=O)(=O)N2CCCCC2)cc1)c1c[nH]c2ccncc12. The third-order valence-electron chi connectivity index (χ3n) is 5.06. The van der Waals surface area contributed by atoms with Gasteiger partial charge in [0.2, 0.25) is 10.0 Å². The zero-order valence-corrected chi connectivity index (χ0v) is 16.2. The van der Waals surface area contributed by atoms with Gasteiger partial charge < -0.3 is 10.3 Å². The monoisotopic (exact) mass is 398 g/mol. The van der Waals surface area contributed by atoms with Crippen LogP contribution in [0, 0.1) is 0 Å². The van der Waals surface area contributed by atoms with Gasteiger partial charge >= 0.3 is 0 Å². The van der Waals surface area contributed by atoms with Crippen LogP contribution in [0.3, 0.4) is 0 Å². The average Bonchev–Trinajstić information content (AvgIpc) is 3.17.